The Kier molecular flexibility index (Phi) is 4.91. The molecule has 0 rings (SSSR count). The van der Waals surface area contributed by atoms with E-state index in [4.69, 9.17) is 0 Å². The zero-order chi connectivity index (χ0) is 9.07. The monoisotopic (exact) mass is 282 g/mol. The molecule has 1 amide bonds. The predicted octanol–water partition coefficient (Wildman–Crippen LogP) is 1.98. The molecule has 0 aromatic carbocycles. The number of rotatable bonds is 2. The summed E-state index contributed by atoms with van der Waals surface area (Å²) < 4.78 is 3.48. The van der Waals surface area contributed by atoms with Gasteiger partial charge in [-0.05, 0) is 0 Å². The summed E-state index contributed by atoms with van der Waals surface area (Å²) in [5.41, 5.74) is 0. The topological polar surface area (TPSA) is 29.1 Å². The normalized spacial score (nSPS) is 11.1. The van der Waals surface area contributed by atoms with Gasteiger partial charge in [0, 0.05) is 0 Å². The number of hydrogen-bond acceptors (Lipinski definition) is 1. The van der Waals surface area contributed by atoms with E-state index in [1.54, 1.807) is 0 Å². The predicted molar refractivity (Wildman–Crippen MR) is 42.7 cm³/mol. The maximum absolute atomic E-state index is 11.1. The number of carbonyl (C=O) groups excluding carboxylic acids is 1. The van der Waals surface area contributed by atoms with E-state index in [1.165, 1.54) is 0 Å². The van der Waals surface area contributed by atoms with E-state index in [9.17, 15) is 4.79 Å². The van der Waals surface area contributed by atoms with Crippen LogP contribution in [0.15, 0.2) is 0 Å². The molecule has 0 aromatic heterocycles. The van der Waals surface area contributed by atoms with E-state index in [-0.39, 0.29) is 11.8 Å². The molecule has 11 heavy (non-hydrogen) atoms. The van der Waals surface area contributed by atoms with Crippen LogP contribution in [0.4, 0.5) is 0 Å². The molecule has 0 atom stereocenters. The fraction of sp³-hybridized carbons (Fsp3) is 0.875. The molecule has 0 fully saturated rings. The molecule has 1 N–H and O–H groups in total. The Morgan fingerprint density at radius 2 is 1.82 bits per heavy atom. The second kappa shape index (κ2) is 4.63. The Hall–Kier alpha value is 0.665. The van der Waals surface area contributed by atoms with Gasteiger partial charge in [-0.2, -0.15) is 0 Å². The van der Waals surface area contributed by atoms with Gasteiger partial charge in [0.05, 0.1) is 0 Å². The van der Waals surface area contributed by atoms with Gasteiger partial charge >= 0.3 is 87.4 Å². The molecular weight excluding hydrogens is 265 g/mol. The quantitative estimate of drug-likeness (QED) is 0.824. The van der Waals surface area contributed by atoms with Crippen LogP contribution in [0.2, 0.25) is 1.82 Å². The summed E-state index contributed by atoms with van der Waals surface area (Å²) in [6.45, 7) is 10.5. The second-order valence-corrected chi connectivity index (χ2v) is 11.4. The van der Waals surface area contributed by atoms with Gasteiger partial charge < -0.3 is 0 Å². The summed E-state index contributed by atoms with van der Waals surface area (Å²) in [5, 5.41) is 0. The molecule has 0 aromatic rings. The van der Waals surface area contributed by atoms with E-state index >= 15 is 0 Å². The van der Waals surface area contributed by atoms with Gasteiger partial charge in [-0.3, -0.25) is 0 Å². The Morgan fingerprint density at radius 3 is 2.09 bits per heavy atom. The number of amides is 1. The van der Waals surface area contributed by atoms with E-state index in [0.717, 1.165) is 0 Å². The van der Waals surface area contributed by atoms with E-state index in [2.05, 4.69) is 22.9 Å². The van der Waals surface area contributed by atoms with Crippen LogP contribution in [0.1, 0.15) is 34.6 Å². The summed E-state index contributed by atoms with van der Waals surface area (Å²) in [7, 11) is 0. The fourth-order valence-electron chi connectivity index (χ4n) is 0.454. The van der Waals surface area contributed by atoms with Crippen molar-refractivity contribution in [3.63, 3.8) is 0 Å². The van der Waals surface area contributed by atoms with Crippen LogP contribution in [-0.4, -0.2) is 5.91 Å². The molecule has 0 radical (unpaired) electrons. The average Bonchev–Trinajstić information content (AvgIpc) is 1.80. The van der Waals surface area contributed by atoms with E-state index in [1.807, 2.05) is 13.8 Å². The number of nitrogens with one attached hydrogen (secondary N) is 1. The molecule has 0 aliphatic heterocycles. The van der Waals surface area contributed by atoms with Crippen LogP contribution in [0.3, 0.4) is 0 Å². The fourth-order valence-corrected chi connectivity index (χ4v) is 3.31. The third-order valence-electron chi connectivity index (χ3n) is 1.17. The number of hydrogen-bond donors (Lipinski definition) is 1. The van der Waals surface area contributed by atoms with Crippen molar-refractivity contribution in [1.29, 1.82) is 0 Å². The zero-order valence-electron chi connectivity index (χ0n) is 8.06. The molecule has 0 heterocycles. The Bertz CT molecular complexity index is 138. The van der Waals surface area contributed by atoms with Crippen LogP contribution >= 0.6 is 0 Å². The minimum absolute atomic E-state index is 0.147. The van der Waals surface area contributed by atoms with Crippen LogP contribution in [0, 0.1) is 38.1 Å². The van der Waals surface area contributed by atoms with Crippen molar-refractivity contribution in [1.82, 2.24) is 2.08 Å². The molecule has 0 aliphatic carbocycles. The van der Waals surface area contributed by atoms with Crippen molar-refractivity contribution in [2.75, 3.05) is 0 Å². The third kappa shape index (κ3) is 7.04. The number of carbonyl (C=O) groups is 1. The molecule has 0 aliphatic rings. The molecule has 63 valence electrons. The Labute approximate surface area is 86.8 Å². The van der Waals surface area contributed by atoms with Gasteiger partial charge in [0.15, 0.2) is 0 Å². The first-order chi connectivity index (χ1) is 4.83. The summed E-state index contributed by atoms with van der Waals surface area (Å²) in [4.78, 5) is 11.1. The van der Waals surface area contributed by atoms with Crippen LogP contribution < -0.4 is 2.08 Å². The van der Waals surface area contributed by atoms with Gasteiger partial charge in [0.2, 0.25) is 0 Å². The molecule has 0 saturated heterocycles. The molecule has 0 unspecified atom stereocenters. The summed E-state index contributed by atoms with van der Waals surface area (Å²) in [6, 6.07) is 0. The van der Waals surface area contributed by atoms with Crippen LogP contribution in [0.25, 0.3) is 0 Å². The van der Waals surface area contributed by atoms with E-state index < -0.39 is 32.2 Å². The molecule has 0 saturated carbocycles. The van der Waals surface area contributed by atoms with Gasteiger partial charge in [-0.1, -0.05) is 0 Å². The average molecular weight is 282 g/mol. The molecular formula is C8H17LaNO. The standard InChI is InChI=1S/C4H9NO.C4H9.La/c1-3(2)4(5)6;1-4(2)3;/h3H,1-2H3,(H2,5,6);1-3H3;/q;;+1/p-1. The molecule has 0 spiro atoms. The van der Waals surface area contributed by atoms with Crippen molar-refractivity contribution in [3.05, 3.63) is 0 Å². The maximum atomic E-state index is 11.1. The van der Waals surface area contributed by atoms with Gasteiger partial charge in [0.25, 0.3) is 0 Å². The molecule has 0 bridgehead atoms. The van der Waals surface area contributed by atoms with Gasteiger partial charge in [0.1, 0.15) is 0 Å². The first kappa shape index (κ1) is 11.7. The summed E-state index contributed by atoms with van der Waals surface area (Å²) >= 11 is -1.04. The minimum atomic E-state index is -1.04. The van der Waals surface area contributed by atoms with Crippen molar-refractivity contribution in [2.45, 2.75) is 36.4 Å². The SMILES string of the molecule is CC(C)C(=O)[NH][La][C](C)(C)C. The first-order valence-corrected chi connectivity index (χ1v) is 7.60. The zero-order valence-corrected chi connectivity index (χ0v) is 11.7. The summed E-state index contributed by atoms with van der Waals surface area (Å²) in [5.74, 6) is 0.378. The molecule has 2 nitrogen and oxygen atoms in total. The van der Waals surface area contributed by atoms with Crippen LogP contribution in [0.5, 0.6) is 0 Å². The molecule has 3 heteroatoms. The van der Waals surface area contributed by atoms with Gasteiger partial charge in [-0.25, -0.2) is 0 Å². The van der Waals surface area contributed by atoms with Crippen molar-refractivity contribution >= 4 is 5.91 Å². The Morgan fingerprint density at radius 1 is 1.36 bits per heavy atom. The van der Waals surface area contributed by atoms with Crippen molar-refractivity contribution < 1.29 is 37.0 Å². The van der Waals surface area contributed by atoms with Crippen molar-refractivity contribution in [2.24, 2.45) is 5.92 Å². The summed E-state index contributed by atoms with van der Waals surface area (Å²) in [6.07, 6.45) is 0. The first-order valence-electron chi connectivity index (χ1n) is 3.97. The Balaban J connectivity index is 3.64. The van der Waals surface area contributed by atoms with Crippen molar-refractivity contribution in [3.8, 4) is 0 Å². The van der Waals surface area contributed by atoms with E-state index in [0.29, 0.717) is 1.82 Å². The second-order valence-electron chi connectivity index (χ2n) is 4.17. The van der Waals surface area contributed by atoms with Crippen LogP contribution in [-0.2, 0) is 4.79 Å². The van der Waals surface area contributed by atoms with Gasteiger partial charge in [-0.15, -0.1) is 0 Å². The third-order valence-corrected chi connectivity index (χ3v) is 5.24.